The van der Waals surface area contributed by atoms with Gasteiger partial charge in [-0.1, -0.05) is 11.6 Å². The van der Waals surface area contributed by atoms with E-state index in [1.807, 2.05) is 24.3 Å². The summed E-state index contributed by atoms with van der Waals surface area (Å²) in [5, 5.41) is 0.735. The fraction of sp³-hybridized carbons (Fsp3) is 0.286. The molecule has 0 aromatic rings. The molecule has 1 unspecified atom stereocenters. The number of quaternary nitrogens is 1. The van der Waals surface area contributed by atoms with Crippen LogP contribution in [-0.4, -0.2) is 24.5 Å². The van der Waals surface area contributed by atoms with Crippen molar-refractivity contribution in [1.82, 2.24) is 4.90 Å². The minimum Gasteiger partial charge on any atom is -0.332 e. The van der Waals surface area contributed by atoms with Gasteiger partial charge in [-0.05, 0) is 0 Å². The molecule has 0 amide bonds. The number of rotatable bonds is 0. The maximum absolute atomic E-state index is 5.94. The first-order valence-corrected chi connectivity index (χ1v) is 3.83. The van der Waals surface area contributed by atoms with E-state index in [-0.39, 0.29) is 0 Å². The highest BCUT2D eigenvalue weighted by Gasteiger charge is 2.27. The molecule has 2 aliphatic rings. The van der Waals surface area contributed by atoms with E-state index in [2.05, 4.69) is 4.99 Å². The maximum Gasteiger partial charge on any atom is 0.252 e. The van der Waals surface area contributed by atoms with Crippen molar-refractivity contribution in [3.05, 3.63) is 23.6 Å². The lowest BCUT2D eigenvalue weighted by molar-refractivity contribution is -0.757. The molecule has 0 radical (unpaired) electrons. The molecule has 0 aliphatic carbocycles. The van der Waals surface area contributed by atoms with Gasteiger partial charge in [0.15, 0.2) is 6.67 Å². The molecule has 0 bridgehead atoms. The fourth-order valence-corrected chi connectivity index (χ4v) is 1.61. The van der Waals surface area contributed by atoms with Crippen LogP contribution in [0, 0.1) is 0 Å². The van der Waals surface area contributed by atoms with E-state index >= 15 is 0 Å². The van der Waals surface area contributed by atoms with Gasteiger partial charge in [0.05, 0.1) is 6.20 Å². The van der Waals surface area contributed by atoms with Crippen molar-refractivity contribution >= 4 is 17.4 Å². The summed E-state index contributed by atoms with van der Waals surface area (Å²) in [5.74, 6) is 0.935. The molecular formula is C7H9ClN3+. The maximum atomic E-state index is 5.94. The molecule has 0 aromatic carbocycles. The van der Waals surface area contributed by atoms with Gasteiger partial charge in [0.1, 0.15) is 11.2 Å². The lowest BCUT2D eigenvalue weighted by Crippen LogP contribution is -3.11. The van der Waals surface area contributed by atoms with Crippen LogP contribution in [0.25, 0.3) is 0 Å². The molecule has 1 N–H and O–H groups in total. The Hall–Kier alpha value is -0.800. The number of nitrogens with zero attached hydrogens (tertiary/aromatic N) is 2. The van der Waals surface area contributed by atoms with E-state index in [1.54, 1.807) is 6.20 Å². The van der Waals surface area contributed by atoms with Crippen LogP contribution in [0.2, 0.25) is 0 Å². The Labute approximate surface area is 70.3 Å². The van der Waals surface area contributed by atoms with E-state index < -0.39 is 0 Å². The molecule has 2 heterocycles. The smallest absolute Gasteiger partial charge is 0.252 e. The number of aliphatic imine (C=N–C) groups is 1. The molecule has 0 saturated heterocycles. The van der Waals surface area contributed by atoms with Gasteiger partial charge >= 0.3 is 0 Å². The number of nitrogens with one attached hydrogen (secondary N) is 1. The van der Waals surface area contributed by atoms with Gasteiger partial charge in [-0.2, -0.15) is 4.99 Å². The van der Waals surface area contributed by atoms with Crippen LogP contribution >= 0.6 is 11.6 Å². The molecule has 1 atom stereocenters. The summed E-state index contributed by atoms with van der Waals surface area (Å²) in [6.45, 7) is 0.908. The second-order valence-electron chi connectivity index (χ2n) is 2.71. The van der Waals surface area contributed by atoms with Crippen molar-refractivity contribution < 1.29 is 4.90 Å². The second-order valence-corrected chi connectivity index (χ2v) is 3.12. The quantitative estimate of drug-likeness (QED) is 0.531. The Morgan fingerprint density at radius 1 is 1.73 bits per heavy atom. The van der Waals surface area contributed by atoms with Crippen LogP contribution in [0.3, 0.4) is 0 Å². The van der Waals surface area contributed by atoms with Crippen molar-refractivity contribution in [1.29, 1.82) is 0 Å². The lowest BCUT2D eigenvalue weighted by atomic mass is 10.4. The second kappa shape index (κ2) is 2.36. The molecule has 11 heavy (non-hydrogen) atoms. The zero-order valence-corrected chi connectivity index (χ0v) is 6.97. The summed E-state index contributed by atoms with van der Waals surface area (Å²) in [6, 6.07) is 0. The monoisotopic (exact) mass is 170 g/mol. The number of halogens is 1. The third-order valence-corrected chi connectivity index (χ3v) is 2.04. The molecule has 4 heteroatoms. The van der Waals surface area contributed by atoms with Crippen LogP contribution in [0.15, 0.2) is 28.6 Å². The van der Waals surface area contributed by atoms with Crippen molar-refractivity contribution in [3.8, 4) is 0 Å². The molecule has 2 rings (SSSR count). The van der Waals surface area contributed by atoms with Gasteiger partial charge in [0.25, 0.3) is 5.84 Å². The van der Waals surface area contributed by atoms with Crippen LogP contribution in [0.1, 0.15) is 0 Å². The van der Waals surface area contributed by atoms with E-state index in [1.165, 1.54) is 4.90 Å². The first-order chi connectivity index (χ1) is 5.27. The summed E-state index contributed by atoms with van der Waals surface area (Å²) < 4.78 is 0. The summed E-state index contributed by atoms with van der Waals surface area (Å²) in [7, 11) is 2.00. The molecule has 0 spiro atoms. The van der Waals surface area contributed by atoms with Gasteiger partial charge in [0, 0.05) is 13.2 Å². The highest BCUT2D eigenvalue weighted by atomic mass is 35.5. The highest BCUT2D eigenvalue weighted by molar-refractivity contribution is 6.41. The van der Waals surface area contributed by atoms with Gasteiger partial charge in [-0.3, -0.25) is 0 Å². The zero-order valence-electron chi connectivity index (χ0n) is 6.21. The molecular weight excluding hydrogens is 162 g/mol. The SMILES string of the molecule is CN1C=C(Cl)C2=NC=C[NH+]2C1. The zero-order chi connectivity index (χ0) is 7.84. The Morgan fingerprint density at radius 3 is 3.36 bits per heavy atom. The number of hydrogen-bond donors (Lipinski definition) is 1. The summed E-state index contributed by atoms with van der Waals surface area (Å²) in [6.07, 6.45) is 5.69. The number of fused-ring (bicyclic) bond motifs is 1. The minimum absolute atomic E-state index is 0.735. The van der Waals surface area contributed by atoms with E-state index in [0.717, 1.165) is 17.5 Å². The topological polar surface area (TPSA) is 20.0 Å². The molecule has 58 valence electrons. The van der Waals surface area contributed by atoms with E-state index in [4.69, 9.17) is 11.6 Å². The Morgan fingerprint density at radius 2 is 2.55 bits per heavy atom. The standard InChI is InChI=1S/C7H8ClN3/c1-10-4-6(8)7-9-2-3-11(7)5-10/h2-4H,5H2,1H3/p+1. The van der Waals surface area contributed by atoms with Crippen LogP contribution < -0.4 is 4.90 Å². The summed E-state index contributed by atoms with van der Waals surface area (Å²) in [4.78, 5) is 7.40. The summed E-state index contributed by atoms with van der Waals surface area (Å²) >= 11 is 5.94. The van der Waals surface area contributed by atoms with Crippen molar-refractivity contribution in [3.63, 3.8) is 0 Å². The van der Waals surface area contributed by atoms with Gasteiger partial charge in [-0.25, -0.2) is 4.90 Å². The summed E-state index contributed by atoms with van der Waals surface area (Å²) in [5.41, 5.74) is 0. The largest absolute Gasteiger partial charge is 0.332 e. The molecule has 0 aromatic heterocycles. The molecule has 2 aliphatic heterocycles. The average Bonchev–Trinajstić information content (AvgIpc) is 2.34. The van der Waals surface area contributed by atoms with Crippen molar-refractivity contribution in [2.24, 2.45) is 4.99 Å². The third-order valence-electron chi connectivity index (χ3n) is 1.76. The third kappa shape index (κ3) is 1.06. The first kappa shape index (κ1) is 6.88. The lowest BCUT2D eigenvalue weighted by Gasteiger charge is -2.23. The van der Waals surface area contributed by atoms with Crippen molar-refractivity contribution in [2.45, 2.75) is 0 Å². The Bertz CT molecular complexity index is 267. The minimum atomic E-state index is 0.735. The molecule has 3 nitrogen and oxygen atoms in total. The fourth-order valence-electron chi connectivity index (χ4n) is 1.28. The van der Waals surface area contributed by atoms with Gasteiger partial charge in [-0.15, -0.1) is 0 Å². The first-order valence-electron chi connectivity index (χ1n) is 3.46. The normalized spacial score (nSPS) is 28.2. The van der Waals surface area contributed by atoms with Crippen LogP contribution in [0.4, 0.5) is 0 Å². The van der Waals surface area contributed by atoms with Crippen LogP contribution in [-0.2, 0) is 0 Å². The molecule has 0 saturated carbocycles. The van der Waals surface area contributed by atoms with E-state index in [0.29, 0.717) is 0 Å². The average molecular weight is 171 g/mol. The van der Waals surface area contributed by atoms with Gasteiger partial charge in [0.2, 0.25) is 0 Å². The predicted molar refractivity (Wildman–Crippen MR) is 44.1 cm³/mol. The van der Waals surface area contributed by atoms with Crippen LogP contribution in [0.5, 0.6) is 0 Å². The number of amidine groups is 1. The Kier molecular flexibility index (Phi) is 1.47. The highest BCUT2D eigenvalue weighted by Crippen LogP contribution is 2.07. The van der Waals surface area contributed by atoms with E-state index in [9.17, 15) is 0 Å². The molecule has 0 fully saturated rings. The van der Waals surface area contributed by atoms with Crippen molar-refractivity contribution in [2.75, 3.05) is 13.7 Å². The Balaban J connectivity index is 2.34. The predicted octanol–water partition coefficient (Wildman–Crippen LogP) is -0.262. The number of hydrogen-bond acceptors (Lipinski definition) is 2. The van der Waals surface area contributed by atoms with Gasteiger partial charge < -0.3 is 4.90 Å².